The Morgan fingerprint density at radius 3 is 2.45 bits per heavy atom. The van der Waals surface area contributed by atoms with Crippen LogP contribution in [-0.4, -0.2) is 46.9 Å². The van der Waals surface area contributed by atoms with Crippen LogP contribution in [0.3, 0.4) is 0 Å². The lowest BCUT2D eigenvalue weighted by molar-refractivity contribution is -0.138. The molecule has 0 bridgehead atoms. The van der Waals surface area contributed by atoms with E-state index in [0.29, 0.717) is 11.4 Å². The third-order valence-corrected chi connectivity index (χ3v) is 2.96. The first-order chi connectivity index (χ1) is 9.10. The van der Waals surface area contributed by atoms with Gasteiger partial charge in [-0.1, -0.05) is 0 Å². The summed E-state index contributed by atoms with van der Waals surface area (Å²) in [4.78, 5) is 13.1. The number of carbonyl (C=O) groups is 1. The quantitative estimate of drug-likeness (QED) is 0.901. The zero-order valence-electron chi connectivity index (χ0n) is 12.0. The van der Waals surface area contributed by atoms with Crippen molar-refractivity contribution in [2.45, 2.75) is 26.4 Å². The van der Waals surface area contributed by atoms with Crippen LogP contribution in [0.2, 0.25) is 0 Å². The standard InChI is InChI=1S/C12H19F3N4O/c1-8-11(9(2)19(4)17-8)16-10(20)7-18(3)6-5-12(13,14)15/h5-7H2,1-4H3,(H,16,20). The summed E-state index contributed by atoms with van der Waals surface area (Å²) in [5.41, 5.74) is 2.09. The molecule has 0 saturated carbocycles. The van der Waals surface area contributed by atoms with Gasteiger partial charge in [-0.2, -0.15) is 18.3 Å². The predicted molar refractivity (Wildman–Crippen MR) is 69.5 cm³/mol. The average Bonchev–Trinajstić information content (AvgIpc) is 2.52. The molecule has 0 atom stereocenters. The largest absolute Gasteiger partial charge is 0.390 e. The molecular formula is C12H19F3N4O. The second-order valence-corrected chi connectivity index (χ2v) is 4.82. The Hall–Kier alpha value is -1.57. The number of likely N-dealkylation sites (N-methyl/N-ethyl adjacent to an activating group) is 1. The van der Waals surface area contributed by atoms with Gasteiger partial charge in [-0.25, -0.2) is 0 Å². The molecule has 114 valence electrons. The first-order valence-electron chi connectivity index (χ1n) is 6.15. The molecular weight excluding hydrogens is 273 g/mol. The first-order valence-corrected chi connectivity index (χ1v) is 6.15. The van der Waals surface area contributed by atoms with Crippen molar-refractivity contribution in [1.82, 2.24) is 14.7 Å². The van der Waals surface area contributed by atoms with Crippen LogP contribution < -0.4 is 5.32 Å². The van der Waals surface area contributed by atoms with Crippen molar-refractivity contribution in [2.75, 3.05) is 25.5 Å². The van der Waals surface area contributed by atoms with Gasteiger partial charge in [0, 0.05) is 13.6 Å². The van der Waals surface area contributed by atoms with Crippen molar-refractivity contribution in [3.05, 3.63) is 11.4 Å². The first kappa shape index (κ1) is 16.5. The van der Waals surface area contributed by atoms with E-state index >= 15 is 0 Å². The van der Waals surface area contributed by atoms with Gasteiger partial charge in [0.2, 0.25) is 5.91 Å². The molecule has 0 aromatic carbocycles. The van der Waals surface area contributed by atoms with Gasteiger partial charge < -0.3 is 5.32 Å². The molecule has 1 aromatic rings. The number of hydrogen-bond donors (Lipinski definition) is 1. The van der Waals surface area contributed by atoms with Crippen molar-refractivity contribution in [2.24, 2.45) is 7.05 Å². The number of nitrogens with one attached hydrogen (secondary N) is 1. The number of alkyl halides is 3. The second kappa shape index (κ2) is 6.25. The molecule has 0 fully saturated rings. The Morgan fingerprint density at radius 1 is 1.40 bits per heavy atom. The van der Waals surface area contributed by atoms with Gasteiger partial charge in [0.05, 0.1) is 30.0 Å². The van der Waals surface area contributed by atoms with Crippen LogP contribution in [-0.2, 0) is 11.8 Å². The minimum absolute atomic E-state index is 0.0934. The van der Waals surface area contributed by atoms with Gasteiger partial charge in [0.25, 0.3) is 0 Å². The normalized spacial score (nSPS) is 12.0. The summed E-state index contributed by atoms with van der Waals surface area (Å²) in [7, 11) is 3.24. The molecule has 0 radical (unpaired) electrons. The van der Waals surface area contributed by atoms with E-state index in [1.54, 1.807) is 18.7 Å². The number of carbonyl (C=O) groups excluding carboxylic acids is 1. The summed E-state index contributed by atoms with van der Waals surface area (Å²) >= 11 is 0. The van der Waals surface area contributed by atoms with Gasteiger partial charge in [0.1, 0.15) is 0 Å². The maximum absolute atomic E-state index is 12.1. The Kier molecular flexibility index (Phi) is 5.15. The Labute approximate surface area is 115 Å². The Balaban J connectivity index is 2.51. The third kappa shape index (κ3) is 4.84. The summed E-state index contributed by atoms with van der Waals surface area (Å²) < 4.78 is 37.8. The molecule has 1 amide bonds. The van der Waals surface area contributed by atoms with E-state index in [9.17, 15) is 18.0 Å². The Bertz CT molecular complexity index is 482. The van der Waals surface area contributed by atoms with Crippen LogP contribution in [0.5, 0.6) is 0 Å². The van der Waals surface area contributed by atoms with Crippen LogP contribution in [0.15, 0.2) is 0 Å². The van der Waals surface area contributed by atoms with Crippen LogP contribution in [0, 0.1) is 13.8 Å². The lowest BCUT2D eigenvalue weighted by Crippen LogP contribution is -2.32. The maximum atomic E-state index is 12.1. The summed E-state index contributed by atoms with van der Waals surface area (Å²) in [5.74, 6) is -0.353. The molecule has 0 aliphatic carbocycles. The van der Waals surface area contributed by atoms with E-state index in [1.165, 1.54) is 11.9 Å². The van der Waals surface area contributed by atoms with Crippen molar-refractivity contribution in [1.29, 1.82) is 0 Å². The minimum atomic E-state index is -4.21. The number of hydrogen-bond acceptors (Lipinski definition) is 3. The van der Waals surface area contributed by atoms with Crippen LogP contribution >= 0.6 is 0 Å². The highest BCUT2D eigenvalue weighted by atomic mass is 19.4. The number of aromatic nitrogens is 2. The zero-order chi connectivity index (χ0) is 15.5. The number of halogens is 3. The highest BCUT2D eigenvalue weighted by Crippen LogP contribution is 2.20. The smallest absolute Gasteiger partial charge is 0.322 e. The highest BCUT2D eigenvalue weighted by Gasteiger charge is 2.27. The molecule has 1 aromatic heterocycles. The molecule has 0 aliphatic rings. The van der Waals surface area contributed by atoms with Gasteiger partial charge in [0.15, 0.2) is 0 Å². The van der Waals surface area contributed by atoms with E-state index in [-0.39, 0.29) is 19.0 Å². The molecule has 20 heavy (non-hydrogen) atoms. The minimum Gasteiger partial charge on any atom is -0.322 e. The van der Waals surface area contributed by atoms with E-state index in [1.807, 2.05) is 6.92 Å². The Morgan fingerprint density at radius 2 is 2.00 bits per heavy atom. The van der Waals surface area contributed by atoms with E-state index in [2.05, 4.69) is 10.4 Å². The molecule has 0 aliphatic heterocycles. The fourth-order valence-corrected chi connectivity index (χ4v) is 1.78. The second-order valence-electron chi connectivity index (χ2n) is 4.82. The monoisotopic (exact) mass is 292 g/mol. The molecule has 8 heteroatoms. The van der Waals surface area contributed by atoms with Crippen LogP contribution in [0.25, 0.3) is 0 Å². The average molecular weight is 292 g/mol. The third-order valence-electron chi connectivity index (χ3n) is 2.96. The summed E-state index contributed by atoms with van der Waals surface area (Å²) in [6, 6.07) is 0. The molecule has 1 heterocycles. The van der Waals surface area contributed by atoms with Crippen LogP contribution in [0.1, 0.15) is 17.8 Å². The molecule has 1 N–H and O–H groups in total. The fourth-order valence-electron chi connectivity index (χ4n) is 1.78. The fraction of sp³-hybridized carbons (Fsp3) is 0.667. The molecule has 0 spiro atoms. The lowest BCUT2D eigenvalue weighted by atomic mass is 10.3. The zero-order valence-corrected chi connectivity index (χ0v) is 12.0. The van der Waals surface area contributed by atoms with Crippen molar-refractivity contribution in [3.8, 4) is 0 Å². The van der Waals surface area contributed by atoms with Crippen molar-refractivity contribution in [3.63, 3.8) is 0 Å². The number of aryl methyl sites for hydroxylation is 2. The SMILES string of the molecule is Cc1nn(C)c(C)c1NC(=O)CN(C)CCC(F)(F)F. The van der Waals surface area contributed by atoms with Gasteiger partial charge in [-0.15, -0.1) is 0 Å². The van der Waals surface area contributed by atoms with Gasteiger partial charge in [-0.3, -0.25) is 14.4 Å². The number of nitrogens with zero attached hydrogens (tertiary/aromatic N) is 3. The van der Waals surface area contributed by atoms with Crippen molar-refractivity contribution < 1.29 is 18.0 Å². The number of amides is 1. The van der Waals surface area contributed by atoms with Gasteiger partial charge in [-0.05, 0) is 20.9 Å². The predicted octanol–water partition coefficient (Wildman–Crippen LogP) is 1.86. The topological polar surface area (TPSA) is 50.2 Å². The molecule has 5 nitrogen and oxygen atoms in total. The highest BCUT2D eigenvalue weighted by molar-refractivity contribution is 5.93. The molecule has 0 unspecified atom stereocenters. The van der Waals surface area contributed by atoms with E-state index in [4.69, 9.17) is 0 Å². The summed E-state index contributed by atoms with van der Waals surface area (Å²) in [6.07, 6.45) is -5.14. The summed E-state index contributed by atoms with van der Waals surface area (Å²) in [5, 5.41) is 6.83. The van der Waals surface area contributed by atoms with Crippen molar-refractivity contribution >= 4 is 11.6 Å². The maximum Gasteiger partial charge on any atom is 0.390 e. The number of anilines is 1. The van der Waals surface area contributed by atoms with Crippen LogP contribution in [0.4, 0.5) is 18.9 Å². The summed E-state index contributed by atoms with van der Waals surface area (Å²) in [6.45, 7) is 3.27. The lowest BCUT2D eigenvalue weighted by Gasteiger charge is -2.17. The van der Waals surface area contributed by atoms with Gasteiger partial charge >= 0.3 is 6.18 Å². The van der Waals surface area contributed by atoms with E-state index in [0.717, 1.165) is 5.69 Å². The molecule has 1 rings (SSSR count). The van der Waals surface area contributed by atoms with E-state index < -0.39 is 12.6 Å². The number of rotatable bonds is 5. The molecule has 0 saturated heterocycles.